The van der Waals surface area contributed by atoms with Crippen LogP contribution in [0.4, 0.5) is 17.1 Å². The molecule has 0 aliphatic rings. The van der Waals surface area contributed by atoms with E-state index in [4.69, 9.17) is 9.47 Å². The van der Waals surface area contributed by atoms with Crippen LogP contribution in [0.2, 0.25) is 0 Å². The van der Waals surface area contributed by atoms with E-state index in [2.05, 4.69) is 20.4 Å². The van der Waals surface area contributed by atoms with Crippen LogP contribution >= 0.6 is 0 Å². The number of nitrogens with one attached hydrogen (secondary N) is 3. The lowest BCUT2D eigenvalue weighted by molar-refractivity contribution is -0.385. The van der Waals surface area contributed by atoms with E-state index in [1.807, 2.05) is 13.8 Å². The Labute approximate surface area is 302 Å². The molecule has 2 heterocycles. The molecule has 0 aliphatic heterocycles. The maximum absolute atomic E-state index is 11.6. The number of ether oxygens (including phenoxy) is 2. The molecule has 5 rings (SSSR count). The van der Waals surface area contributed by atoms with Crippen LogP contribution in [-0.2, 0) is 14.3 Å². The van der Waals surface area contributed by atoms with Gasteiger partial charge in [-0.2, -0.15) is 0 Å². The summed E-state index contributed by atoms with van der Waals surface area (Å²) in [6, 6.07) is 17.5. The summed E-state index contributed by atoms with van der Waals surface area (Å²) in [5.74, 6) is -1.50. The van der Waals surface area contributed by atoms with Crippen molar-refractivity contribution in [2.24, 2.45) is 0 Å². The number of nitro groups is 3. The Balaban J connectivity index is 0.000000273. The van der Waals surface area contributed by atoms with E-state index in [-0.39, 0.29) is 42.4 Å². The molecule has 3 N–H and O–H groups in total. The fraction of sp³-hybridized carbons (Fsp3) is 0.257. The van der Waals surface area contributed by atoms with Gasteiger partial charge in [0, 0.05) is 47.8 Å². The van der Waals surface area contributed by atoms with Crippen molar-refractivity contribution < 1.29 is 33.8 Å². The van der Waals surface area contributed by atoms with Gasteiger partial charge < -0.3 is 14.6 Å². The molecule has 53 heavy (non-hydrogen) atoms. The number of aryl methyl sites for hydroxylation is 2. The Hall–Kier alpha value is -6.98. The number of nitrogens with zero attached hydrogens (tertiary/aromatic N) is 4. The number of nitro benzene ring substituents is 3. The Bertz CT molecular complexity index is 2080. The number of rotatable bonds is 11. The second-order valence-electron chi connectivity index (χ2n) is 10.8. The molecule has 0 bridgehead atoms. The van der Waals surface area contributed by atoms with Crippen molar-refractivity contribution in [1.29, 1.82) is 0 Å². The average molecular weight is 734 g/mol. The van der Waals surface area contributed by atoms with Gasteiger partial charge in [0.1, 0.15) is 11.7 Å². The number of hydrogen-bond acceptors (Lipinski definition) is 12. The third-order valence-electron chi connectivity index (χ3n) is 7.26. The summed E-state index contributed by atoms with van der Waals surface area (Å²) in [5.41, 5.74) is 4.57. The summed E-state index contributed by atoms with van der Waals surface area (Å²) in [4.78, 5) is 64.6. The fourth-order valence-corrected chi connectivity index (χ4v) is 4.83. The average Bonchev–Trinajstić information content (AvgIpc) is 3.65. The number of hydrogen-bond donors (Lipinski definition) is 3. The van der Waals surface area contributed by atoms with Crippen molar-refractivity contribution in [3.05, 3.63) is 130 Å². The molecule has 5 aromatic rings. The van der Waals surface area contributed by atoms with Gasteiger partial charge in [0.2, 0.25) is 5.88 Å². The van der Waals surface area contributed by atoms with Gasteiger partial charge in [-0.3, -0.25) is 54.9 Å². The van der Waals surface area contributed by atoms with Gasteiger partial charge in [-0.1, -0.05) is 19.6 Å². The van der Waals surface area contributed by atoms with E-state index >= 15 is 0 Å². The fourth-order valence-electron chi connectivity index (χ4n) is 4.83. The number of Topliss-reactive ketones (excluding diaryl/α,β-unsaturated/α-hetero) is 1. The highest BCUT2D eigenvalue weighted by molar-refractivity contribution is 6.03. The molecule has 0 amide bonds. The third kappa shape index (κ3) is 11.0. The highest BCUT2D eigenvalue weighted by Crippen LogP contribution is 2.32. The van der Waals surface area contributed by atoms with Gasteiger partial charge in [-0.25, -0.2) is 0 Å². The Morgan fingerprint density at radius 1 is 0.717 bits per heavy atom. The van der Waals surface area contributed by atoms with Gasteiger partial charge in [0.25, 0.3) is 22.6 Å². The number of ketones is 1. The molecule has 0 radical (unpaired) electrons. The van der Waals surface area contributed by atoms with Crippen LogP contribution in [0.3, 0.4) is 0 Å². The summed E-state index contributed by atoms with van der Waals surface area (Å²) in [5, 5.41) is 43.6. The summed E-state index contributed by atoms with van der Waals surface area (Å²) in [6.07, 6.45) is 0. The molecular weight excluding hydrogens is 694 g/mol. The second-order valence-corrected chi connectivity index (χ2v) is 10.8. The minimum absolute atomic E-state index is 0. The van der Waals surface area contributed by atoms with E-state index < -0.39 is 26.7 Å². The molecule has 18 nitrogen and oxygen atoms in total. The van der Waals surface area contributed by atoms with E-state index in [0.29, 0.717) is 34.9 Å². The normalized spacial score (nSPS) is 10.6. The van der Waals surface area contributed by atoms with Crippen molar-refractivity contribution in [2.45, 2.75) is 48.0 Å². The molecule has 280 valence electrons. The highest BCUT2D eigenvalue weighted by atomic mass is 16.6. The molecule has 0 fully saturated rings. The van der Waals surface area contributed by atoms with Gasteiger partial charge in [-0.05, 0) is 75.6 Å². The lowest BCUT2D eigenvalue weighted by Crippen LogP contribution is -2.22. The topological polar surface area (TPSA) is 259 Å². The Morgan fingerprint density at radius 3 is 1.55 bits per heavy atom. The Morgan fingerprint density at radius 2 is 1.17 bits per heavy atom. The van der Waals surface area contributed by atoms with Crippen LogP contribution in [0.5, 0.6) is 5.88 Å². The first-order valence-electron chi connectivity index (χ1n) is 15.6. The monoisotopic (exact) mass is 733 g/mol. The number of aromatic amines is 3. The van der Waals surface area contributed by atoms with Gasteiger partial charge in [-0.15, -0.1) is 5.10 Å². The third-order valence-corrected chi connectivity index (χ3v) is 7.26. The summed E-state index contributed by atoms with van der Waals surface area (Å²) >= 11 is 0. The number of esters is 1. The van der Waals surface area contributed by atoms with Gasteiger partial charge in [0.05, 0.1) is 39.1 Å². The SMILES string of the molecule is C.CCOC(=O)C(C(C)=O)c1ccc([N+](=O)[O-])cc1.CCOc1n[nH]c(C)c1-c1ccc([N+](=O)[O-])cc1.Cc1[nH][nH]c(=O)c1-c1ccc([N+](=O)[O-])cc1. The van der Waals surface area contributed by atoms with E-state index in [1.54, 1.807) is 38.1 Å². The largest absolute Gasteiger partial charge is 0.476 e. The first-order chi connectivity index (χ1) is 24.7. The Kier molecular flexibility index (Phi) is 15.5. The quantitative estimate of drug-likeness (QED) is 0.0551. The van der Waals surface area contributed by atoms with Crippen molar-refractivity contribution in [2.75, 3.05) is 13.2 Å². The van der Waals surface area contributed by atoms with E-state index in [1.165, 1.54) is 55.5 Å². The summed E-state index contributed by atoms with van der Waals surface area (Å²) in [6.45, 7) is 9.14. The molecule has 0 saturated heterocycles. The van der Waals surface area contributed by atoms with Crippen LogP contribution in [0, 0.1) is 44.2 Å². The summed E-state index contributed by atoms with van der Waals surface area (Å²) in [7, 11) is 0. The first kappa shape index (κ1) is 42.2. The van der Waals surface area contributed by atoms with Gasteiger partial charge in [0.15, 0.2) is 0 Å². The number of aromatic nitrogens is 4. The minimum atomic E-state index is -1.02. The first-order valence-corrected chi connectivity index (χ1v) is 15.6. The van der Waals surface area contributed by atoms with Gasteiger partial charge >= 0.3 is 5.97 Å². The van der Waals surface area contributed by atoms with Crippen LogP contribution in [0.1, 0.15) is 51.1 Å². The minimum Gasteiger partial charge on any atom is -0.476 e. The van der Waals surface area contributed by atoms with Crippen molar-refractivity contribution in [3.63, 3.8) is 0 Å². The number of benzene rings is 3. The second kappa shape index (κ2) is 19.4. The molecule has 3 aromatic carbocycles. The summed E-state index contributed by atoms with van der Waals surface area (Å²) < 4.78 is 10.2. The number of non-ortho nitro benzene ring substituents is 3. The number of carbonyl (C=O) groups is 2. The zero-order valence-electron chi connectivity index (χ0n) is 28.7. The van der Waals surface area contributed by atoms with Crippen LogP contribution in [0.15, 0.2) is 77.6 Å². The van der Waals surface area contributed by atoms with Crippen LogP contribution in [-0.4, -0.2) is 60.1 Å². The van der Waals surface area contributed by atoms with Crippen LogP contribution in [0.25, 0.3) is 22.3 Å². The van der Waals surface area contributed by atoms with Crippen molar-refractivity contribution in [3.8, 4) is 28.1 Å². The molecule has 1 atom stereocenters. The zero-order chi connectivity index (χ0) is 38.5. The standard InChI is InChI=1S/C12H13N3O3.C12H13NO5.C10H9N3O3.CH4/c1-3-18-12-11(8(2)13-14-12)9-4-6-10(7-5-9)15(16)17;1-3-18-12(15)11(8(2)14)9-4-6-10(7-5-9)13(16)17;1-6-9(10(14)12-11-6)7-2-4-8(5-3-7)13(15)16;/h4-7H,3H2,1-2H3,(H,13,14);4-7,11H,3H2,1-2H3;2-5H,1H3,(H2,11,12,14);1H4. The number of carbonyl (C=O) groups excluding carboxylic acids is 2. The molecule has 1 unspecified atom stereocenters. The van der Waals surface area contributed by atoms with E-state index in [9.17, 15) is 44.7 Å². The molecule has 2 aromatic heterocycles. The lowest BCUT2D eigenvalue weighted by Gasteiger charge is -2.12. The van der Waals surface area contributed by atoms with Crippen molar-refractivity contribution >= 4 is 28.8 Å². The zero-order valence-corrected chi connectivity index (χ0v) is 28.7. The predicted octanol–water partition coefficient (Wildman–Crippen LogP) is 6.75. The molecule has 18 heteroatoms. The maximum Gasteiger partial charge on any atom is 0.320 e. The molecule has 0 saturated carbocycles. The van der Waals surface area contributed by atoms with Crippen LogP contribution < -0.4 is 10.3 Å². The maximum atomic E-state index is 11.6. The molecule has 0 aliphatic carbocycles. The number of H-pyrrole nitrogens is 3. The smallest absolute Gasteiger partial charge is 0.320 e. The van der Waals surface area contributed by atoms with Crippen molar-refractivity contribution in [1.82, 2.24) is 20.4 Å². The predicted molar refractivity (Wildman–Crippen MR) is 195 cm³/mol. The highest BCUT2D eigenvalue weighted by Gasteiger charge is 2.27. The molecular formula is C35H39N7O11. The van der Waals surface area contributed by atoms with E-state index in [0.717, 1.165) is 16.8 Å². The lowest BCUT2D eigenvalue weighted by atomic mass is 9.95. The molecule has 0 spiro atoms.